The van der Waals surface area contributed by atoms with Crippen molar-refractivity contribution in [3.63, 3.8) is 0 Å². The lowest BCUT2D eigenvalue weighted by molar-refractivity contribution is -0.122. The van der Waals surface area contributed by atoms with Crippen molar-refractivity contribution in [3.8, 4) is 16.8 Å². The highest BCUT2D eigenvalue weighted by atomic mass is 32.1. The number of hydrogen-bond donors (Lipinski definition) is 2. The zero-order valence-electron chi connectivity index (χ0n) is 20.6. The van der Waals surface area contributed by atoms with Crippen LogP contribution in [0.4, 0.5) is 5.69 Å². The summed E-state index contributed by atoms with van der Waals surface area (Å²) in [6, 6.07) is 26.1. The Hall–Kier alpha value is -4.82. The zero-order valence-corrected chi connectivity index (χ0v) is 21.5. The molecule has 0 radical (unpaired) electrons. The maximum atomic E-state index is 13.4. The van der Waals surface area contributed by atoms with Gasteiger partial charge in [-0.3, -0.25) is 19.8 Å². The van der Waals surface area contributed by atoms with Gasteiger partial charge in [0.15, 0.2) is 5.11 Å². The number of aromatic carboxylic acids is 1. The highest BCUT2D eigenvalue weighted by molar-refractivity contribution is 7.80. The lowest BCUT2D eigenvalue weighted by atomic mass is 10.1. The van der Waals surface area contributed by atoms with Gasteiger partial charge in [0.05, 0.1) is 11.3 Å². The number of amides is 2. The fourth-order valence-electron chi connectivity index (χ4n) is 4.59. The number of carboxylic acids is 1. The smallest absolute Gasteiger partial charge is 0.335 e. The molecule has 2 heterocycles. The minimum Gasteiger partial charge on any atom is -0.478 e. The normalized spacial score (nSPS) is 14.6. The highest BCUT2D eigenvalue weighted by Gasteiger charge is 2.35. The lowest BCUT2D eigenvalue weighted by Crippen LogP contribution is -2.54. The standard InChI is InChI=1S/C30H23N3O4S/c1-18-15-23(19(2)32(18)24-13-11-21(12-14-24)20-7-4-3-5-8-20)17-26-27(34)31-30(38)33(28(26)35)25-10-6-9-22(16-25)29(36)37/h3-17H,1-2H3,(H,36,37)(H,31,34,38). The molecule has 4 aromatic rings. The first-order valence-electron chi connectivity index (χ1n) is 11.8. The van der Waals surface area contributed by atoms with Crippen molar-refractivity contribution in [1.29, 1.82) is 0 Å². The SMILES string of the molecule is Cc1cc(C=C2C(=O)NC(=S)N(c3cccc(C(=O)O)c3)C2=O)c(C)n1-c1ccc(-c2ccccc2)cc1. The zero-order chi connectivity index (χ0) is 27.0. The number of aryl methyl sites for hydroxylation is 1. The second-order valence-electron chi connectivity index (χ2n) is 8.89. The molecule has 188 valence electrons. The van der Waals surface area contributed by atoms with Gasteiger partial charge in [-0.1, -0.05) is 48.5 Å². The molecule has 1 saturated heterocycles. The third-order valence-corrected chi connectivity index (χ3v) is 6.74. The fraction of sp³-hybridized carbons (Fsp3) is 0.0667. The van der Waals surface area contributed by atoms with Crippen LogP contribution in [0.5, 0.6) is 0 Å². The Labute approximate surface area is 224 Å². The molecule has 0 saturated carbocycles. The molecule has 7 nitrogen and oxygen atoms in total. The molecule has 0 unspecified atom stereocenters. The Balaban J connectivity index is 1.50. The summed E-state index contributed by atoms with van der Waals surface area (Å²) >= 11 is 5.24. The van der Waals surface area contributed by atoms with E-state index in [0.717, 1.165) is 33.1 Å². The van der Waals surface area contributed by atoms with E-state index in [1.165, 1.54) is 18.2 Å². The average molecular weight is 522 g/mol. The van der Waals surface area contributed by atoms with Crippen LogP contribution in [0.25, 0.3) is 22.9 Å². The second kappa shape index (κ2) is 9.91. The molecular weight excluding hydrogens is 498 g/mol. The van der Waals surface area contributed by atoms with Crippen molar-refractivity contribution in [2.75, 3.05) is 4.90 Å². The summed E-state index contributed by atoms with van der Waals surface area (Å²) in [5.41, 5.74) is 5.85. The molecule has 2 N–H and O–H groups in total. The summed E-state index contributed by atoms with van der Waals surface area (Å²) in [6.07, 6.45) is 1.55. The molecule has 0 spiro atoms. The summed E-state index contributed by atoms with van der Waals surface area (Å²) < 4.78 is 2.06. The number of rotatable bonds is 5. The van der Waals surface area contributed by atoms with E-state index >= 15 is 0 Å². The third kappa shape index (κ3) is 4.53. The van der Waals surface area contributed by atoms with Crippen molar-refractivity contribution in [2.24, 2.45) is 0 Å². The van der Waals surface area contributed by atoms with Gasteiger partial charge in [0.2, 0.25) is 0 Å². The summed E-state index contributed by atoms with van der Waals surface area (Å²) in [4.78, 5) is 38.8. The number of anilines is 1. The number of nitrogens with zero attached hydrogens (tertiary/aromatic N) is 2. The minimum absolute atomic E-state index is 0.00218. The molecule has 1 aliphatic rings. The van der Waals surface area contributed by atoms with Crippen molar-refractivity contribution >= 4 is 46.9 Å². The summed E-state index contributed by atoms with van der Waals surface area (Å²) in [5, 5.41) is 11.8. The fourth-order valence-corrected chi connectivity index (χ4v) is 4.87. The van der Waals surface area contributed by atoms with Crippen LogP contribution < -0.4 is 10.2 Å². The summed E-state index contributed by atoms with van der Waals surface area (Å²) in [5.74, 6) is -2.37. The Kier molecular flexibility index (Phi) is 6.48. The van der Waals surface area contributed by atoms with Crippen LogP contribution in [0.1, 0.15) is 27.3 Å². The van der Waals surface area contributed by atoms with Crippen molar-refractivity contribution in [3.05, 3.63) is 113 Å². The largest absolute Gasteiger partial charge is 0.478 e. The molecule has 0 aliphatic carbocycles. The number of thiocarbonyl (C=S) groups is 1. The van der Waals surface area contributed by atoms with E-state index in [2.05, 4.69) is 34.1 Å². The van der Waals surface area contributed by atoms with E-state index in [9.17, 15) is 19.5 Å². The second-order valence-corrected chi connectivity index (χ2v) is 9.27. The first-order valence-corrected chi connectivity index (χ1v) is 12.2. The molecule has 38 heavy (non-hydrogen) atoms. The lowest BCUT2D eigenvalue weighted by Gasteiger charge is -2.29. The molecule has 0 bridgehead atoms. The molecule has 1 fully saturated rings. The monoisotopic (exact) mass is 521 g/mol. The Bertz CT molecular complexity index is 1640. The Morgan fingerprint density at radius 3 is 2.24 bits per heavy atom. The number of carbonyl (C=O) groups excluding carboxylic acids is 2. The molecule has 3 aromatic carbocycles. The van der Waals surface area contributed by atoms with Gasteiger partial charge in [0, 0.05) is 17.1 Å². The number of hydrogen-bond acceptors (Lipinski definition) is 4. The predicted octanol–water partition coefficient (Wildman–Crippen LogP) is 5.29. The van der Waals surface area contributed by atoms with E-state index in [0.29, 0.717) is 5.56 Å². The van der Waals surface area contributed by atoms with Gasteiger partial charge in [-0.25, -0.2) is 4.79 Å². The van der Waals surface area contributed by atoms with E-state index in [4.69, 9.17) is 12.2 Å². The molecule has 2 amide bonds. The van der Waals surface area contributed by atoms with Gasteiger partial charge in [-0.15, -0.1) is 0 Å². The van der Waals surface area contributed by atoms with E-state index in [1.54, 1.807) is 12.1 Å². The van der Waals surface area contributed by atoms with Crippen LogP contribution in [-0.4, -0.2) is 32.6 Å². The van der Waals surface area contributed by atoms with Crippen LogP contribution in [-0.2, 0) is 9.59 Å². The maximum absolute atomic E-state index is 13.4. The average Bonchev–Trinajstić information content (AvgIpc) is 3.19. The van der Waals surface area contributed by atoms with E-state index in [-0.39, 0.29) is 21.9 Å². The number of carboxylic acid groups (broad SMARTS) is 1. The summed E-state index contributed by atoms with van der Waals surface area (Å²) in [7, 11) is 0. The van der Waals surface area contributed by atoms with Crippen LogP contribution in [0.3, 0.4) is 0 Å². The first kappa shape index (κ1) is 24.9. The molecule has 8 heteroatoms. The number of aromatic nitrogens is 1. The molecule has 1 aromatic heterocycles. The van der Waals surface area contributed by atoms with Crippen molar-refractivity contribution in [1.82, 2.24) is 9.88 Å². The molecule has 1 aliphatic heterocycles. The number of nitrogens with one attached hydrogen (secondary N) is 1. The minimum atomic E-state index is -1.13. The topological polar surface area (TPSA) is 91.6 Å². The Morgan fingerprint density at radius 1 is 0.868 bits per heavy atom. The number of benzene rings is 3. The molecule has 0 atom stereocenters. The quantitative estimate of drug-likeness (QED) is 0.212. The van der Waals surface area contributed by atoms with Crippen LogP contribution in [0, 0.1) is 13.8 Å². The van der Waals surface area contributed by atoms with E-state index in [1.807, 2.05) is 50.2 Å². The van der Waals surface area contributed by atoms with Crippen molar-refractivity contribution in [2.45, 2.75) is 13.8 Å². The van der Waals surface area contributed by atoms with Crippen LogP contribution in [0.15, 0.2) is 90.5 Å². The van der Waals surface area contributed by atoms with Crippen LogP contribution in [0.2, 0.25) is 0 Å². The first-order chi connectivity index (χ1) is 18.2. The summed E-state index contributed by atoms with van der Waals surface area (Å²) in [6.45, 7) is 3.89. The Morgan fingerprint density at radius 2 is 1.55 bits per heavy atom. The number of carbonyl (C=O) groups is 3. The van der Waals surface area contributed by atoms with Gasteiger partial charge < -0.3 is 9.67 Å². The van der Waals surface area contributed by atoms with Gasteiger partial charge in [0.25, 0.3) is 11.8 Å². The van der Waals surface area contributed by atoms with Gasteiger partial charge in [-0.05, 0) is 85.2 Å². The highest BCUT2D eigenvalue weighted by Crippen LogP contribution is 2.28. The molecule has 5 rings (SSSR count). The van der Waals surface area contributed by atoms with Gasteiger partial charge >= 0.3 is 5.97 Å². The third-order valence-electron chi connectivity index (χ3n) is 6.46. The van der Waals surface area contributed by atoms with E-state index < -0.39 is 17.8 Å². The van der Waals surface area contributed by atoms with Gasteiger partial charge in [-0.2, -0.15) is 0 Å². The van der Waals surface area contributed by atoms with Crippen molar-refractivity contribution < 1.29 is 19.5 Å². The van der Waals surface area contributed by atoms with Crippen LogP contribution >= 0.6 is 12.2 Å². The molecular formula is C30H23N3O4S. The maximum Gasteiger partial charge on any atom is 0.335 e. The van der Waals surface area contributed by atoms with Gasteiger partial charge in [0.1, 0.15) is 5.57 Å². The predicted molar refractivity (Wildman–Crippen MR) is 150 cm³/mol.